The third-order valence-corrected chi connectivity index (χ3v) is 3.70. The lowest BCUT2D eigenvalue weighted by atomic mass is 9.66. The summed E-state index contributed by atoms with van der Waals surface area (Å²) in [5, 5.41) is 0. The molecular weight excluding hydrogens is 160 g/mol. The fourth-order valence-electron chi connectivity index (χ4n) is 2.64. The summed E-state index contributed by atoms with van der Waals surface area (Å²) < 4.78 is 0. The van der Waals surface area contributed by atoms with Crippen molar-refractivity contribution in [3.05, 3.63) is 23.8 Å². The molecule has 0 unspecified atom stereocenters. The average molecular weight is 176 g/mol. The zero-order chi connectivity index (χ0) is 9.47. The van der Waals surface area contributed by atoms with Crippen LogP contribution in [-0.2, 0) is 4.79 Å². The first kappa shape index (κ1) is 8.74. The molecule has 2 atom stereocenters. The van der Waals surface area contributed by atoms with Crippen LogP contribution in [0.25, 0.3) is 0 Å². The Bertz CT molecular complexity index is 298. The highest BCUT2D eigenvalue weighted by molar-refractivity contribution is 5.93. The fourth-order valence-corrected chi connectivity index (χ4v) is 2.64. The van der Waals surface area contributed by atoms with E-state index in [4.69, 9.17) is 0 Å². The van der Waals surface area contributed by atoms with Crippen LogP contribution in [0.2, 0.25) is 0 Å². The van der Waals surface area contributed by atoms with E-state index in [9.17, 15) is 4.79 Å². The Morgan fingerprint density at radius 3 is 2.85 bits per heavy atom. The van der Waals surface area contributed by atoms with Crippen molar-refractivity contribution in [2.24, 2.45) is 11.3 Å². The van der Waals surface area contributed by atoms with Gasteiger partial charge in [-0.15, -0.1) is 0 Å². The Morgan fingerprint density at radius 2 is 2.31 bits per heavy atom. The highest BCUT2D eigenvalue weighted by Gasteiger charge is 2.41. The monoisotopic (exact) mass is 176 g/mol. The molecule has 2 aliphatic carbocycles. The van der Waals surface area contributed by atoms with Crippen LogP contribution in [0.15, 0.2) is 23.8 Å². The largest absolute Gasteiger partial charge is 0.295 e. The maximum Gasteiger partial charge on any atom is 0.156 e. The molecule has 0 aromatic rings. The molecule has 0 N–H and O–H groups in total. The fraction of sp³-hybridized carbons (Fsp3) is 0.583. The van der Waals surface area contributed by atoms with Gasteiger partial charge < -0.3 is 0 Å². The van der Waals surface area contributed by atoms with Crippen LogP contribution in [0.3, 0.4) is 0 Å². The van der Waals surface area contributed by atoms with Gasteiger partial charge in [0.2, 0.25) is 0 Å². The van der Waals surface area contributed by atoms with Crippen LogP contribution >= 0.6 is 0 Å². The average Bonchev–Trinajstić information content (AvgIpc) is 2.46. The molecule has 0 radical (unpaired) electrons. The molecule has 2 rings (SSSR count). The van der Waals surface area contributed by atoms with Crippen molar-refractivity contribution in [2.45, 2.75) is 33.1 Å². The van der Waals surface area contributed by atoms with Gasteiger partial charge in [0.1, 0.15) is 0 Å². The first-order valence-corrected chi connectivity index (χ1v) is 5.04. The van der Waals surface area contributed by atoms with Crippen molar-refractivity contribution >= 4 is 5.78 Å². The summed E-state index contributed by atoms with van der Waals surface area (Å²) in [5.41, 5.74) is 1.49. The number of ketones is 1. The quantitative estimate of drug-likeness (QED) is 0.519. The van der Waals surface area contributed by atoms with Gasteiger partial charge in [0.15, 0.2) is 5.78 Å². The van der Waals surface area contributed by atoms with Gasteiger partial charge in [-0.2, -0.15) is 0 Å². The zero-order valence-corrected chi connectivity index (χ0v) is 8.34. The normalized spacial score (nSPS) is 38.5. The van der Waals surface area contributed by atoms with Crippen molar-refractivity contribution in [1.82, 2.24) is 0 Å². The van der Waals surface area contributed by atoms with Crippen LogP contribution in [0, 0.1) is 11.3 Å². The van der Waals surface area contributed by atoms with E-state index in [1.807, 2.05) is 0 Å². The first-order chi connectivity index (χ1) is 6.15. The molecule has 0 aromatic carbocycles. The molecule has 13 heavy (non-hydrogen) atoms. The molecule has 1 heteroatoms. The van der Waals surface area contributed by atoms with Gasteiger partial charge in [0.25, 0.3) is 0 Å². The number of hydrogen-bond donors (Lipinski definition) is 0. The third-order valence-electron chi connectivity index (χ3n) is 3.70. The van der Waals surface area contributed by atoms with E-state index in [0.717, 1.165) is 0 Å². The lowest BCUT2D eigenvalue weighted by Crippen LogP contribution is -2.29. The van der Waals surface area contributed by atoms with Crippen LogP contribution in [0.4, 0.5) is 0 Å². The van der Waals surface area contributed by atoms with Crippen molar-refractivity contribution < 1.29 is 4.79 Å². The highest BCUT2D eigenvalue weighted by Crippen LogP contribution is 2.48. The predicted octanol–water partition coefficient (Wildman–Crippen LogP) is 2.88. The lowest BCUT2D eigenvalue weighted by Gasteiger charge is -2.38. The maximum absolute atomic E-state index is 11.3. The third kappa shape index (κ3) is 1.18. The molecule has 2 aliphatic rings. The number of carbonyl (C=O) groups is 1. The Morgan fingerprint density at radius 1 is 1.54 bits per heavy atom. The van der Waals surface area contributed by atoms with E-state index in [2.05, 4.69) is 26.0 Å². The maximum atomic E-state index is 11.3. The molecule has 0 heterocycles. The Hall–Kier alpha value is -0.850. The Labute approximate surface area is 79.5 Å². The van der Waals surface area contributed by atoms with Crippen LogP contribution in [0.1, 0.15) is 33.1 Å². The molecule has 0 aliphatic heterocycles. The summed E-state index contributed by atoms with van der Waals surface area (Å²) in [6.45, 7) is 4.43. The minimum atomic E-state index is 0.0926. The van der Waals surface area contributed by atoms with E-state index in [1.54, 1.807) is 6.08 Å². The summed E-state index contributed by atoms with van der Waals surface area (Å²) in [5.74, 6) is 0.918. The smallest absolute Gasteiger partial charge is 0.156 e. The van der Waals surface area contributed by atoms with Crippen molar-refractivity contribution in [3.63, 3.8) is 0 Å². The zero-order valence-electron chi connectivity index (χ0n) is 8.34. The molecule has 0 aromatic heterocycles. The number of carbonyl (C=O) groups excluding carboxylic acids is 1. The standard InChI is InChI=1S/C12H16O/c1-9-4-3-5-10(2)12(9)7-6-11(13)8-12/h4,6-7,10H,3,5,8H2,1-2H3/t10-,12+/m1/s1. The van der Waals surface area contributed by atoms with Crippen LogP contribution in [-0.4, -0.2) is 5.78 Å². The second-order valence-corrected chi connectivity index (χ2v) is 4.38. The van der Waals surface area contributed by atoms with E-state index in [-0.39, 0.29) is 5.41 Å². The van der Waals surface area contributed by atoms with Crippen molar-refractivity contribution in [1.29, 1.82) is 0 Å². The molecule has 0 saturated heterocycles. The molecule has 0 fully saturated rings. The van der Waals surface area contributed by atoms with Gasteiger partial charge in [-0.1, -0.05) is 24.6 Å². The molecule has 1 spiro atoms. The number of rotatable bonds is 0. The molecular formula is C12H16O. The summed E-state index contributed by atoms with van der Waals surface area (Å²) in [6, 6.07) is 0. The highest BCUT2D eigenvalue weighted by atomic mass is 16.1. The SMILES string of the molecule is CC1=CCC[C@@H](C)[C@]12C=CC(=O)C2. The summed E-state index contributed by atoms with van der Waals surface area (Å²) >= 11 is 0. The molecule has 70 valence electrons. The van der Waals surface area contributed by atoms with E-state index in [0.29, 0.717) is 18.1 Å². The van der Waals surface area contributed by atoms with Gasteiger partial charge in [-0.05, 0) is 31.8 Å². The number of allylic oxidation sites excluding steroid dienone is 4. The summed E-state index contributed by atoms with van der Waals surface area (Å²) in [6.07, 6.45) is 9.29. The van der Waals surface area contributed by atoms with Crippen LogP contribution < -0.4 is 0 Å². The topological polar surface area (TPSA) is 17.1 Å². The van der Waals surface area contributed by atoms with Gasteiger partial charge in [-0.25, -0.2) is 0 Å². The predicted molar refractivity (Wildman–Crippen MR) is 53.4 cm³/mol. The molecule has 0 bridgehead atoms. The van der Waals surface area contributed by atoms with E-state index < -0.39 is 0 Å². The minimum Gasteiger partial charge on any atom is -0.295 e. The lowest BCUT2D eigenvalue weighted by molar-refractivity contribution is -0.115. The van der Waals surface area contributed by atoms with Crippen molar-refractivity contribution in [3.8, 4) is 0 Å². The van der Waals surface area contributed by atoms with Gasteiger partial charge in [-0.3, -0.25) is 4.79 Å². The molecule has 0 saturated carbocycles. The molecule has 0 amide bonds. The second kappa shape index (κ2) is 2.83. The Kier molecular flexibility index (Phi) is 1.90. The molecule has 1 nitrogen and oxygen atoms in total. The van der Waals surface area contributed by atoms with Gasteiger partial charge in [0.05, 0.1) is 0 Å². The van der Waals surface area contributed by atoms with Gasteiger partial charge in [0, 0.05) is 11.8 Å². The minimum absolute atomic E-state index is 0.0926. The van der Waals surface area contributed by atoms with Crippen LogP contribution in [0.5, 0.6) is 0 Å². The van der Waals surface area contributed by atoms with E-state index in [1.165, 1.54) is 18.4 Å². The second-order valence-electron chi connectivity index (χ2n) is 4.38. The summed E-state index contributed by atoms with van der Waals surface area (Å²) in [4.78, 5) is 11.3. The summed E-state index contributed by atoms with van der Waals surface area (Å²) in [7, 11) is 0. The first-order valence-electron chi connectivity index (χ1n) is 5.04. The Balaban J connectivity index is 2.39. The van der Waals surface area contributed by atoms with Crippen molar-refractivity contribution in [2.75, 3.05) is 0 Å². The van der Waals surface area contributed by atoms with E-state index >= 15 is 0 Å². The van der Waals surface area contributed by atoms with Gasteiger partial charge >= 0.3 is 0 Å². The number of hydrogen-bond acceptors (Lipinski definition) is 1.